The third-order valence-corrected chi connectivity index (χ3v) is 3.76. The van der Waals surface area contributed by atoms with Gasteiger partial charge in [0, 0.05) is 6.54 Å². The van der Waals surface area contributed by atoms with Crippen molar-refractivity contribution in [2.24, 2.45) is 0 Å². The van der Waals surface area contributed by atoms with Crippen LogP contribution in [0, 0.1) is 6.92 Å². The molecule has 0 heterocycles. The molecule has 1 heteroatoms. The first-order valence-corrected chi connectivity index (χ1v) is 7.02. The molecule has 1 N–H and O–H groups in total. The number of nitrogens with one attached hydrogen (secondary N) is 1. The van der Waals surface area contributed by atoms with Crippen molar-refractivity contribution >= 4 is 10.8 Å². The zero-order valence-corrected chi connectivity index (χ0v) is 12.0. The Morgan fingerprint density at radius 2 is 1.60 bits per heavy atom. The molecule has 0 saturated heterocycles. The van der Waals surface area contributed by atoms with Crippen LogP contribution in [0.3, 0.4) is 0 Å². The normalized spacial score (nSPS) is 10.9. The molecule has 1 nitrogen and oxygen atoms in total. The molecular weight excluding hydrogens is 242 g/mol. The fourth-order valence-electron chi connectivity index (χ4n) is 2.76. The maximum absolute atomic E-state index is 3.18. The Bertz CT molecular complexity index is 726. The SMILES string of the molecule is CNCc1ccc(-c2c(C)ccc3ccccc23)cc1. The maximum Gasteiger partial charge on any atom is 0.0202 e. The Hall–Kier alpha value is -2.12. The number of hydrogen-bond donors (Lipinski definition) is 1. The molecule has 0 aliphatic heterocycles. The van der Waals surface area contributed by atoms with Crippen LogP contribution in [0.4, 0.5) is 0 Å². The molecule has 0 bridgehead atoms. The van der Waals surface area contributed by atoms with Gasteiger partial charge in [0.05, 0.1) is 0 Å². The van der Waals surface area contributed by atoms with Crippen LogP contribution in [0.5, 0.6) is 0 Å². The lowest BCUT2D eigenvalue weighted by Crippen LogP contribution is -2.04. The van der Waals surface area contributed by atoms with Crippen LogP contribution in [-0.2, 0) is 6.54 Å². The van der Waals surface area contributed by atoms with Crippen LogP contribution in [0.25, 0.3) is 21.9 Å². The Kier molecular flexibility index (Phi) is 3.53. The molecule has 3 rings (SSSR count). The van der Waals surface area contributed by atoms with Crippen LogP contribution in [0.1, 0.15) is 11.1 Å². The van der Waals surface area contributed by atoms with Crippen LogP contribution in [0.15, 0.2) is 60.7 Å². The lowest BCUT2D eigenvalue weighted by Gasteiger charge is -2.11. The van der Waals surface area contributed by atoms with E-state index >= 15 is 0 Å². The van der Waals surface area contributed by atoms with Crippen molar-refractivity contribution in [3.05, 3.63) is 71.8 Å². The third-order valence-electron chi connectivity index (χ3n) is 3.76. The van der Waals surface area contributed by atoms with Crippen LogP contribution >= 0.6 is 0 Å². The minimum atomic E-state index is 0.912. The first-order valence-electron chi connectivity index (χ1n) is 7.02. The molecular formula is C19H19N. The summed E-state index contributed by atoms with van der Waals surface area (Å²) in [5.74, 6) is 0. The van der Waals surface area contributed by atoms with Gasteiger partial charge in [-0.1, -0.05) is 60.7 Å². The summed E-state index contributed by atoms with van der Waals surface area (Å²) in [5, 5.41) is 5.81. The van der Waals surface area contributed by atoms with E-state index < -0.39 is 0 Å². The summed E-state index contributed by atoms with van der Waals surface area (Å²) in [7, 11) is 1.97. The molecule has 0 amide bonds. The van der Waals surface area contributed by atoms with Gasteiger partial charge in [-0.05, 0) is 47.0 Å². The molecule has 20 heavy (non-hydrogen) atoms. The van der Waals surface area contributed by atoms with Gasteiger partial charge < -0.3 is 5.32 Å². The molecule has 100 valence electrons. The number of fused-ring (bicyclic) bond motifs is 1. The number of rotatable bonds is 3. The van der Waals surface area contributed by atoms with Crippen molar-refractivity contribution in [3.63, 3.8) is 0 Å². The molecule has 0 atom stereocenters. The lowest BCUT2D eigenvalue weighted by atomic mass is 9.93. The van der Waals surface area contributed by atoms with Gasteiger partial charge in [0.25, 0.3) is 0 Å². The minimum absolute atomic E-state index is 0.912. The van der Waals surface area contributed by atoms with Crippen molar-refractivity contribution in [1.82, 2.24) is 5.32 Å². The Morgan fingerprint density at radius 1 is 0.850 bits per heavy atom. The molecule has 0 aliphatic carbocycles. The summed E-state index contributed by atoms with van der Waals surface area (Å²) < 4.78 is 0. The van der Waals surface area contributed by atoms with E-state index in [2.05, 4.69) is 72.9 Å². The maximum atomic E-state index is 3.18. The minimum Gasteiger partial charge on any atom is -0.316 e. The van der Waals surface area contributed by atoms with Gasteiger partial charge in [0.1, 0.15) is 0 Å². The monoisotopic (exact) mass is 261 g/mol. The van der Waals surface area contributed by atoms with E-state index in [-0.39, 0.29) is 0 Å². The highest BCUT2D eigenvalue weighted by molar-refractivity contribution is 5.98. The van der Waals surface area contributed by atoms with Gasteiger partial charge in [-0.25, -0.2) is 0 Å². The molecule has 3 aromatic rings. The van der Waals surface area contributed by atoms with E-state index in [4.69, 9.17) is 0 Å². The van der Waals surface area contributed by atoms with E-state index in [1.54, 1.807) is 0 Å². The second-order valence-electron chi connectivity index (χ2n) is 5.21. The van der Waals surface area contributed by atoms with E-state index in [1.807, 2.05) is 7.05 Å². The van der Waals surface area contributed by atoms with Gasteiger partial charge in [0.2, 0.25) is 0 Å². The quantitative estimate of drug-likeness (QED) is 0.730. The average molecular weight is 261 g/mol. The molecule has 3 aromatic carbocycles. The van der Waals surface area contributed by atoms with Gasteiger partial charge in [-0.15, -0.1) is 0 Å². The smallest absolute Gasteiger partial charge is 0.0202 e. The van der Waals surface area contributed by atoms with Crippen molar-refractivity contribution in [2.75, 3.05) is 7.05 Å². The molecule has 0 unspecified atom stereocenters. The van der Waals surface area contributed by atoms with Crippen LogP contribution in [0.2, 0.25) is 0 Å². The highest BCUT2D eigenvalue weighted by Gasteiger charge is 2.06. The molecule has 0 aromatic heterocycles. The van der Waals surface area contributed by atoms with Crippen molar-refractivity contribution in [2.45, 2.75) is 13.5 Å². The van der Waals surface area contributed by atoms with Crippen LogP contribution < -0.4 is 5.32 Å². The van der Waals surface area contributed by atoms with Gasteiger partial charge in [0.15, 0.2) is 0 Å². The predicted molar refractivity (Wildman–Crippen MR) is 86.9 cm³/mol. The molecule has 0 saturated carbocycles. The zero-order chi connectivity index (χ0) is 13.9. The van der Waals surface area contributed by atoms with Crippen molar-refractivity contribution in [1.29, 1.82) is 0 Å². The topological polar surface area (TPSA) is 12.0 Å². The summed E-state index contributed by atoms with van der Waals surface area (Å²) in [4.78, 5) is 0. The van der Waals surface area contributed by atoms with Crippen molar-refractivity contribution < 1.29 is 0 Å². The van der Waals surface area contributed by atoms with E-state index in [1.165, 1.54) is 33.0 Å². The van der Waals surface area contributed by atoms with E-state index in [0.717, 1.165) is 6.54 Å². The third kappa shape index (κ3) is 2.33. The first-order chi connectivity index (χ1) is 9.79. The highest BCUT2D eigenvalue weighted by atomic mass is 14.8. The van der Waals surface area contributed by atoms with Gasteiger partial charge in [-0.3, -0.25) is 0 Å². The number of benzene rings is 3. The van der Waals surface area contributed by atoms with Crippen molar-refractivity contribution in [3.8, 4) is 11.1 Å². The Labute approximate surface area is 120 Å². The summed E-state index contributed by atoms with van der Waals surface area (Å²) in [6, 6.07) is 21.8. The molecule has 0 radical (unpaired) electrons. The highest BCUT2D eigenvalue weighted by Crippen LogP contribution is 2.31. The predicted octanol–water partition coefficient (Wildman–Crippen LogP) is 4.53. The fraction of sp³-hybridized carbons (Fsp3) is 0.158. The lowest BCUT2D eigenvalue weighted by molar-refractivity contribution is 0.818. The van der Waals surface area contributed by atoms with Gasteiger partial charge >= 0.3 is 0 Å². The summed E-state index contributed by atoms with van der Waals surface area (Å²) in [6.45, 7) is 3.10. The second-order valence-corrected chi connectivity index (χ2v) is 5.21. The number of aryl methyl sites for hydroxylation is 1. The summed E-state index contributed by atoms with van der Waals surface area (Å²) in [6.07, 6.45) is 0. The Balaban J connectivity index is 2.15. The molecule has 0 spiro atoms. The summed E-state index contributed by atoms with van der Waals surface area (Å²) >= 11 is 0. The number of hydrogen-bond acceptors (Lipinski definition) is 1. The van der Waals surface area contributed by atoms with Gasteiger partial charge in [-0.2, -0.15) is 0 Å². The fourth-order valence-corrected chi connectivity index (χ4v) is 2.76. The summed E-state index contributed by atoms with van der Waals surface area (Å²) in [5.41, 5.74) is 5.28. The standard InChI is InChI=1S/C19H19N/c1-14-7-10-16-5-3-4-6-18(16)19(14)17-11-8-15(9-12-17)13-20-2/h3-12,20H,13H2,1-2H3. The second kappa shape index (κ2) is 5.48. The Morgan fingerprint density at radius 3 is 2.35 bits per heavy atom. The average Bonchev–Trinajstić information content (AvgIpc) is 2.49. The molecule has 0 fully saturated rings. The molecule has 0 aliphatic rings. The van der Waals surface area contributed by atoms with E-state index in [0.29, 0.717) is 0 Å². The van der Waals surface area contributed by atoms with E-state index in [9.17, 15) is 0 Å². The first kappa shape index (κ1) is 12.9. The largest absolute Gasteiger partial charge is 0.316 e. The zero-order valence-electron chi connectivity index (χ0n) is 12.0. The van der Waals surface area contributed by atoms with Crippen LogP contribution in [-0.4, -0.2) is 7.05 Å².